The predicted molar refractivity (Wildman–Crippen MR) is 122 cm³/mol. The van der Waals surface area contributed by atoms with Crippen LogP contribution >= 0.6 is 23.1 Å². The highest BCUT2D eigenvalue weighted by molar-refractivity contribution is 8.01. The first-order valence-electron chi connectivity index (χ1n) is 9.01. The molecule has 0 fully saturated rings. The van der Waals surface area contributed by atoms with Crippen LogP contribution in [-0.2, 0) is 10.0 Å². The van der Waals surface area contributed by atoms with Gasteiger partial charge in [0.2, 0.25) is 0 Å². The highest BCUT2D eigenvalue weighted by Gasteiger charge is 2.21. The number of phenolic OH excluding ortho intramolecular Hbond substituents is 1. The van der Waals surface area contributed by atoms with Gasteiger partial charge in [-0.05, 0) is 42.5 Å². The number of para-hydroxylation sites is 1. The molecule has 0 spiro atoms. The van der Waals surface area contributed by atoms with Crippen molar-refractivity contribution in [2.75, 3.05) is 18.9 Å². The third-order valence-corrected chi connectivity index (χ3v) is 7.89. The highest BCUT2D eigenvalue weighted by Crippen LogP contribution is 2.40. The third-order valence-electron chi connectivity index (χ3n) is 4.34. The van der Waals surface area contributed by atoms with Crippen LogP contribution in [0.5, 0.6) is 17.2 Å². The molecule has 1 aromatic heterocycles. The number of ether oxygens (including phenoxy) is 2. The van der Waals surface area contributed by atoms with Crippen LogP contribution in [-0.4, -0.2) is 32.7 Å². The fourth-order valence-corrected chi connectivity index (χ4v) is 6.18. The minimum atomic E-state index is -3.97. The van der Waals surface area contributed by atoms with E-state index in [9.17, 15) is 13.5 Å². The van der Waals surface area contributed by atoms with Gasteiger partial charge in [0.1, 0.15) is 22.1 Å². The van der Waals surface area contributed by atoms with Gasteiger partial charge in [0.15, 0.2) is 4.34 Å². The van der Waals surface area contributed by atoms with Crippen molar-refractivity contribution < 1.29 is 23.0 Å². The fraction of sp³-hybridized carbons (Fsp3) is 0.0952. The molecule has 0 bridgehead atoms. The summed E-state index contributed by atoms with van der Waals surface area (Å²) in [6.07, 6.45) is 0. The van der Waals surface area contributed by atoms with Gasteiger partial charge in [-0.25, -0.2) is 13.4 Å². The molecule has 0 radical (unpaired) electrons. The quantitative estimate of drug-likeness (QED) is 0.365. The van der Waals surface area contributed by atoms with E-state index >= 15 is 0 Å². The number of benzene rings is 3. The maximum Gasteiger partial charge on any atom is 0.265 e. The molecule has 0 aliphatic heterocycles. The molecular weight excluding hydrogens is 456 g/mol. The van der Waals surface area contributed by atoms with E-state index in [1.807, 2.05) is 24.3 Å². The smallest absolute Gasteiger partial charge is 0.265 e. The average Bonchev–Trinajstić information content (AvgIpc) is 3.17. The van der Waals surface area contributed by atoms with E-state index in [-0.39, 0.29) is 16.4 Å². The Morgan fingerprint density at radius 3 is 2.58 bits per heavy atom. The summed E-state index contributed by atoms with van der Waals surface area (Å²) in [7, 11) is -1.12. The Morgan fingerprint density at radius 1 is 1.03 bits per heavy atom. The maximum atomic E-state index is 13.0. The number of aromatic nitrogens is 1. The monoisotopic (exact) mass is 474 g/mol. The van der Waals surface area contributed by atoms with E-state index in [1.54, 1.807) is 12.1 Å². The lowest BCUT2D eigenvalue weighted by atomic mass is 10.3. The van der Waals surface area contributed by atoms with Crippen LogP contribution < -0.4 is 14.2 Å². The van der Waals surface area contributed by atoms with Crippen LogP contribution in [0.25, 0.3) is 10.2 Å². The molecule has 4 aromatic rings. The Kier molecular flexibility index (Phi) is 5.94. The lowest BCUT2D eigenvalue weighted by Gasteiger charge is -2.13. The van der Waals surface area contributed by atoms with E-state index in [1.165, 1.54) is 61.6 Å². The van der Waals surface area contributed by atoms with Gasteiger partial charge in [-0.15, -0.1) is 11.3 Å². The number of thiazole rings is 1. The second-order valence-electron chi connectivity index (χ2n) is 6.35. The van der Waals surface area contributed by atoms with Gasteiger partial charge >= 0.3 is 0 Å². The lowest BCUT2D eigenvalue weighted by molar-refractivity contribution is 0.392. The normalized spacial score (nSPS) is 11.4. The molecule has 3 aromatic carbocycles. The van der Waals surface area contributed by atoms with Crippen molar-refractivity contribution in [3.8, 4) is 17.2 Å². The summed E-state index contributed by atoms with van der Waals surface area (Å²) in [6.45, 7) is 0. The van der Waals surface area contributed by atoms with Gasteiger partial charge in [0, 0.05) is 6.07 Å². The predicted octanol–water partition coefficient (Wildman–Crippen LogP) is 4.97. The minimum Gasteiger partial charge on any atom is -0.507 e. The van der Waals surface area contributed by atoms with E-state index < -0.39 is 10.0 Å². The summed E-state index contributed by atoms with van der Waals surface area (Å²) < 4.78 is 40.6. The molecule has 1 heterocycles. The van der Waals surface area contributed by atoms with E-state index in [0.29, 0.717) is 16.3 Å². The summed E-state index contributed by atoms with van der Waals surface area (Å²) >= 11 is 2.76. The summed E-state index contributed by atoms with van der Waals surface area (Å²) in [5.74, 6) is 0.612. The molecule has 0 aliphatic rings. The van der Waals surface area contributed by atoms with Crippen molar-refractivity contribution in [2.24, 2.45) is 0 Å². The van der Waals surface area contributed by atoms with Gasteiger partial charge in [0.05, 0.1) is 35.0 Å². The molecule has 0 saturated carbocycles. The number of nitrogens with one attached hydrogen (secondary N) is 1. The Labute approximate surface area is 187 Å². The van der Waals surface area contributed by atoms with Crippen LogP contribution in [0.4, 0.5) is 5.69 Å². The number of methoxy groups -OCH3 is 2. The SMILES string of the molecule is COc1ccc(OC)c(S(=O)(=O)Nc2ccc(O)c(Sc3nc4ccccc4s3)c2)c1. The molecule has 10 heteroatoms. The molecule has 0 saturated heterocycles. The standard InChI is InChI=1S/C21H18N2O5S3/c1-27-14-8-10-17(28-2)20(12-14)31(25,26)23-13-7-9-16(24)19(11-13)30-21-22-15-5-3-4-6-18(15)29-21/h3-12,23-24H,1-2H3. The Bertz CT molecular complexity index is 1320. The van der Waals surface area contributed by atoms with Crippen LogP contribution in [0.2, 0.25) is 0 Å². The molecule has 4 rings (SSSR count). The van der Waals surface area contributed by atoms with Crippen molar-refractivity contribution in [1.82, 2.24) is 4.98 Å². The van der Waals surface area contributed by atoms with E-state index in [2.05, 4.69) is 9.71 Å². The number of fused-ring (bicyclic) bond motifs is 1. The molecule has 2 N–H and O–H groups in total. The van der Waals surface area contributed by atoms with Crippen molar-refractivity contribution in [2.45, 2.75) is 14.1 Å². The maximum absolute atomic E-state index is 13.0. The topological polar surface area (TPSA) is 97.8 Å². The first-order valence-corrected chi connectivity index (χ1v) is 12.1. The summed E-state index contributed by atoms with van der Waals surface area (Å²) in [5, 5.41) is 10.3. The number of anilines is 1. The molecule has 0 aliphatic carbocycles. The number of hydrogen-bond donors (Lipinski definition) is 2. The zero-order valence-electron chi connectivity index (χ0n) is 16.5. The highest BCUT2D eigenvalue weighted by atomic mass is 32.2. The molecule has 0 amide bonds. The third kappa shape index (κ3) is 4.55. The number of hydrogen-bond acceptors (Lipinski definition) is 8. The van der Waals surface area contributed by atoms with Gasteiger partial charge < -0.3 is 14.6 Å². The number of phenols is 1. The van der Waals surface area contributed by atoms with E-state index in [0.717, 1.165) is 14.6 Å². The minimum absolute atomic E-state index is 0.0335. The molecule has 160 valence electrons. The summed E-state index contributed by atoms with van der Waals surface area (Å²) in [4.78, 5) is 4.97. The second kappa shape index (κ2) is 8.66. The zero-order valence-corrected chi connectivity index (χ0v) is 19.0. The van der Waals surface area contributed by atoms with Crippen LogP contribution in [0.15, 0.2) is 74.8 Å². The second-order valence-corrected chi connectivity index (χ2v) is 10.3. The lowest BCUT2D eigenvalue weighted by Crippen LogP contribution is -2.14. The largest absolute Gasteiger partial charge is 0.507 e. The van der Waals surface area contributed by atoms with Gasteiger partial charge in [0.25, 0.3) is 10.0 Å². The summed E-state index contributed by atoms with van der Waals surface area (Å²) in [6, 6.07) is 16.8. The van der Waals surface area contributed by atoms with Crippen molar-refractivity contribution in [1.29, 1.82) is 0 Å². The molecule has 7 nitrogen and oxygen atoms in total. The molecule has 31 heavy (non-hydrogen) atoms. The van der Waals surface area contributed by atoms with Crippen molar-refractivity contribution >= 4 is 49.0 Å². The number of aromatic hydroxyl groups is 1. The molecule has 0 unspecified atom stereocenters. The van der Waals surface area contributed by atoms with Gasteiger partial charge in [-0.3, -0.25) is 4.72 Å². The van der Waals surface area contributed by atoms with Crippen molar-refractivity contribution in [3.05, 3.63) is 60.7 Å². The molecule has 0 atom stereocenters. The molecular formula is C21H18N2O5S3. The number of sulfonamides is 1. The number of nitrogens with zero attached hydrogens (tertiary/aromatic N) is 1. The van der Waals surface area contributed by atoms with Crippen LogP contribution in [0.1, 0.15) is 0 Å². The van der Waals surface area contributed by atoms with Gasteiger partial charge in [-0.2, -0.15) is 0 Å². The van der Waals surface area contributed by atoms with Crippen LogP contribution in [0.3, 0.4) is 0 Å². The Hall–Kier alpha value is -2.95. The Balaban J connectivity index is 1.64. The van der Waals surface area contributed by atoms with E-state index in [4.69, 9.17) is 9.47 Å². The van der Waals surface area contributed by atoms with Crippen molar-refractivity contribution in [3.63, 3.8) is 0 Å². The summed E-state index contributed by atoms with van der Waals surface area (Å²) in [5.41, 5.74) is 1.17. The fourth-order valence-electron chi connectivity index (χ4n) is 2.85. The Morgan fingerprint density at radius 2 is 1.84 bits per heavy atom. The van der Waals surface area contributed by atoms with Gasteiger partial charge in [-0.1, -0.05) is 23.9 Å². The first-order chi connectivity index (χ1) is 14.9. The first kappa shape index (κ1) is 21.3. The average molecular weight is 475 g/mol. The van der Waals surface area contributed by atoms with Crippen LogP contribution in [0, 0.1) is 0 Å². The zero-order chi connectivity index (χ0) is 22.0. The number of rotatable bonds is 7.